The van der Waals surface area contributed by atoms with Crippen LogP contribution in [0.15, 0.2) is 0 Å². The molecule has 1 heterocycles. The van der Waals surface area contributed by atoms with Crippen molar-refractivity contribution in [1.82, 2.24) is 5.32 Å². The molecular weight excluding hydrogens is 174 g/mol. The average molecular weight is 199 g/mol. The summed E-state index contributed by atoms with van der Waals surface area (Å²) in [7, 11) is 0. The molecule has 1 fully saturated rings. The van der Waals surface area contributed by atoms with Crippen molar-refractivity contribution in [2.45, 2.75) is 65.2 Å². The van der Waals surface area contributed by atoms with Crippen molar-refractivity contribution in [3.8, 4) is 0 Å². The van der Waals surface area contributed by atoms with Crippen molar-refractivity contribution in [1.29, 1.82) is 0 Å². The summed E-state index contributed by atoms with van der Waals surface area (Å²) in [6, 6.07) is 0.542. The van der Waals surface area contributed by atoms with Crippen LogP contribution in [0.25, 0.3) is 0 Å². The quantitative estimate of drug-likeness (QED) is 0.735. The first kappa shape index (κ1) is 12.0. The Bertz CT molecular complexity index is 158. The highest BCUT2D eigenvalue weighted by molar-refractivity contribution is 4.84. The topological polar surface area (TPSA) is 21.3 Å². The van der Waals surface area contributed by atoms with Crippen molar-refractivity contribution in [2.75, 3.05) is 6.54 Å². The molecule has 1 N–H and O–H groups in total. The molecule has 2 nitrogen and oxygen atoms in total. The lowest BCUT2D eigenvalue weighted by atomic mass is 9.96. The zero-order valence-electron chi connectivity index (χ0n) is 10.0. The van der Waals surface area contributed by atoms with E-state index in [-0.39, 0.29) is 0 Å². The van der Waals surface area contributed by atoms with E-state index in [1.165, 1.54) is 19.3 Å². The molecule has 0 aliphatic carbocycles. The van der Waals surface area contributed by atoms with Gasteiger partial charge in [0.25, 0.3) is 0 Å². The first-order valence-electron chi connectivity index (χ1n) is 6.04. The third-order valence-electron chi connectivity index (χ3n) is 3.01. The Hall–Kier alpha value is -0.0800. The monoisotopic (exact) mass is 199 g/mol. The Morgan fingerprint density at radius 3 is 2.50 bits per heavy atom. The van der Waals surface area contributed by atoms with E-state index in [0.29, 0.717) is 24.2 Å². The van der Waals surface area contributed by atoms with Crippen LogP contribution < -0.4 is 5.32 Å². The molecule has 0 bridgehead atoms. The third kappa shape index (κ3) is 3.25. The SMILES string of the molecule is CCCNC(C(C)C)C1CCC(C)O1. The Morgan fingerprint density at radius 2 is 2.07 bits per heavy atom. The van der Waals surface area contributed by atoms with Gasteiger partial charge in [-0.15, -0.1) is 0 Å². The van der Waals surface area contributed by atoms with Gasteiger partial charge >= 0.3 is 0 Å². The van der Waals surface area contributed by atoms with E-state index < -0.39 is 0 Å². The lowest BCUT2D eigenvalue weighted by Crippen LogP contribution is -2.44. The zero-order chi connectivity index (χ0) is 10.6. The summed E-state index contributed by atoms with van der Waals surface area (Å²) in [5.74, 6) is 0.664. The fourth-order valence-corrected chi connectivity index (χ4v) is 2.21. The highest BCUT2D eigenvalue weighted by Crippen LogP contribution is 2.24. The van der Waals surface area contributed by atoms with Crippen LogP contribution in [0.5, 0.6) is 0 Å². The van der Waals surface area contributed by atoms with Crippen LogP contribution in [0.2, 0.25) is 0 Å². The summed E-state index contributed by atoms with van der Waals surface area (Å²) >= 11 is 0. The molecule has 0 aromatic rings. The smallest absolute Gasteiger partial charge is 0.0735 e. The number of rotatable bonds is 5. The fourth-order valence-electron chi connectivity index (χ4n) is 2.21. The van der Waals surface area contributed by atoms with Gasteiger partial charge in [0.15, 0.2) is 0 Å². The van der Waals surface area contributed by atoms with E-state index in [2.05, 4.69) is 33.0 Å². The highest BCUT2D eigenvalue weighted by Gasteiger charge is 2.30. The summed E-state index contributed by atoms with van der Waals surface area (Å²) < 4.78 is 5.92. The van der Waals surface area contributed by atoms with Crippen molar-refractivity contribution in [3.05, 3.63) is 0 Å². The standard InChI is InChI=1S/C12H25NO/c1-5-8-13-12(9(2)3)11-7-6-10(4)14-11/h9-13H,5-8H2,1-4H3. The summed E-state index contributed by atoms with van der Waals surface area (Å²) in [6.45, 7) is 10.1. The molecule has 3 unspecified atom stereocenters. The number of hydrogen-bond acceptors (Lipinski definition) is 2. The lowest BCUT2D eigenvalue weighted by molar-refractivity contribution is 0.0212. The van der Waals surface area contributed by atoms with Gasteiger partial charge in [-0.1, -0.05) is 20.8 Å². The second kappa shape index (κ2) is 5.72. The molecule has 1 aliphatic heterocycles. The summed E-state index contributed by atoms with van der Waals surface area (Å²) in [4.78, 5) is 0. The van der Waals surface area contributed by atoms with Crippen LogP contribution in [-0.2, 0) is 4.74 Å². The molecule has 0 aromatic carbocycles. The largest absolute Gasteiger partial charge is 0.374 e. The van der Waals surface area contributed by atoms with E-state index in [9.17, 15) is 0 Å². The zero-order valence-corrected chi connectivity index (χ0v) is 10.0. The van der Waals surface area contributed by atoms with Gasteiger partial charge < -0.3 is 10.1 Å². The van der Waals surface area contributed by atoms with Gasteiger partial charge in [0.05, 0.1) is 12.2 Å². The second-order valence-electron chi connectivity index (χ2n) is 4.79. The van der Waals surface area contributed by atoms with Gasteiger partial charge in [-0.3, -0.25) is 0 Å². The average Bonchev–Trinajstić information content (AvgIpc) is 2.52. The van der Waals surface area contributed by atoms with Gasteiger partial charge in [0.2, 0.25) is 0 Å². The molecule has 1 aliphatic rings. The molecule has 0 aromatic heterocycles. The summed E-state index contributed by atoms with van der Waals surface area (Å²) in [6.07, 6.45) is 4.55. The Labute approximate surface area is 88.4 Å². The third-order valence-corrected chi connectivity index (χ3v) is 3.01. The van der Waals surface area contributed by atoms with Crippen LogP contribution in [0.3, 0.4) is 0 Å². The predicted octanol–water partition coefficient (Wildman–Crippen LogP) is 2.58. The van der Waals surface area contributed by atoms with E-state index in [1.54, 1.807) is 0 Å². The van der Waals surface area contributed by atoms with E-state index in [4.69, 9.17) is 4.74 Å². The van der Waals surface area contributed by atoms with Gasteiger partial charge in [-0.05, 0) is 38.6 Å². The van der Waals surface area contributed by atoms with Gasteiger partial charge in [0, 0.05) is 6.04 Å². The molecule has 1 saturated heterocycles. The molecule has 0 spiro atoms. The van der Waals surface area contributed by atoms with E-state index in [0.717, 1.165) is 6.54 Å². The number of ether oxygens (including phenoxy) is 1. The normalized spacial score (nSPS) is 29.8. The molecule has 1 rings (SSSR count). The Balaban J connectivity index is 2.41. The first-order valence-corrected chi connectivity index (χ1v) is 6.04. The van der Waals surface area contributed by atoms with Crippen LogP contribution in [0.1, 0.15) is 47.0 Å². The lowest BCUT2D eigenvalue weighted by Gasteiger charge is -2.28. The maximum atomic E-state index is 5.92. The summed E-state index contributed by atoms with van der Waals surface area (Å²) in [5, 5.41) is 3.61. The van der Waals surface area contributed by atoms with Crippen molar-refractivity contribution < 1.29 is 4.74 Å². The fraction of sp³-hybridized carbons (Fsp3) is 1.00. The molecule has 14 heavy (non-hydrogen) atoms. The van der Waals surface area contributed by atoms with Gasteiger partial charge in [-0.25, -0.2) is 0 Å². The minimum atomic E-state index is 0.441. The molecule has 3 atom stereocenters. The number of nitrogens with one attached hydrogen (secondary N) is 1. The maximum absolute atomic E-state index is 5.92. The van der Waals surface area contributed by atoms with E-state index in [1.807, 2.05) is 0 Å². The molecule has 2 heteroatoms. The Morgan fingerprint density at radius 1 is 1.36 bits per heavy atom. The van der Waals surface area contributed by atoms with Crippen molar-refractivity contribution >= 4 is 0 Å². The minimum Gasteiger partial charge on any atom is -0.374 e. The van der Waals surface area contributed by atoms with Crippen molar-refractivity contribution in [3.63, 3.8) is 0 Å². The van der Waals surface area contributed by atoms with E-state index >= 15 is 0 Å². The van der Waals surface area contributed by atoms with Crippen LogP contribution in [0.4, 0.5) is 0 Å². The molecule has 0 radical (unpaired) electrons. The summed E-state index contributed by atoms with van der Waals surface area (Å²) in [5.41, 5.74) is 0. The molecular formula is C12H25NO. The maximum Gasteiger partial charge on any atom is 0.0735 e. The van der Waals surface area contributed by atoms with Crippen LogP contribution in [0, 0.1) is 5.92 Å². The van der Waals surface area contributed by atoms with Crippen LogP contribution in [-0.4, -0.2) is 24.8 Å². The molecule has 0 amide bonds. The second-order valence-corrected chi connectivity index (χ2v) is 4.79. The Kier molecular flexibility index (Phi) is 4.90. The molecule has 0 saturated carbocycles. The minimum absolute atomic E-state index is 0.441. The highest BCUT2D eigenvalue weighted by atomic mass is 16.5. The van der Waals surface area contributed by atoms with Crippen molar-refractivity contribution in [2.24, 2.45) is 5.92 Å². The first-order chi connectivity index (χ1) is 6.65. The number of hydrogen-bond donors (Lipinski definition) is 1. The van der Waals surface area contributed by atoms with Gasteiger partial charge in [-0.2, -0.15) is 0 Å². The van der Waals surface area contributed by atoms with Crippen LogP contribution >= 0.6 is 0 Å². The van der Waals surface area contributed by atoms with Gasteiger partial charge in [0.1, 0.15) is 0 Å². The molecule has 84 valence electrons. The predicted molar refractivity (Wildman–Crippen MR) is 60.5 cm³/mol.